The number of carboxylic acid groups (broad SMARTS) is 1. The Balaban J connectivity index is 2.10. The average Bonchev–Trinajstić information content (AvgIpc) is 2.35. The molecule has 1 aromatic heterocycles. The van der Waals surface area contributed by atoms with Crippen molar-refractivity contribution in [3.05, 3.63) is 23.5 Å². The molecule has 2 N–H and O–H groups in total. The average molecular weight is 282 g/mol. The number of carbonyl (C=O) groups is 1. The first-order chi connectivity index (χ1) is 9.06. The second-order valence-electron chi connectivity index (χ2n) is 4.72. The van der Waals surface area contributed by atoms with Gasteiger partial charge in [0.1, 0.15) is 5.75 Å². The molecule has 1 fully saturated rings. The number of aromatic hydroxyl groups is 1. The van der Waals surface area contributed by atoms with Crippen molar-refractivity contribution in [3.8, 4) is 5.75 Å². The second kappa shape index (κ2) is 6.25. The van der Waals surface area contributed by atoms with E-state index in [2.05, 4.69) is 9.88 Å². The van der Waals surface area contributed by atoms with E-state index in [1.165, 1.54) is 0 Å². The van der Waals surface area contributed by atoms with Gasteiger partial charge in [-0.15, -0.1) is 0 Å². The SMILES string of the molecule is Cc1ccc(O)c(CN2CCSCC2CC(=O)O)n1. The summed E-state index contributed by atoms with van der Waals surface area (Å²) in [6.07, 6.45) is 0.138. The molecular weight excluding hydrogens is 264 g/mol. The van der Waals surface area contributed by atoms with Crippen LogP contribution < -0.4 is 0 Å². The maximum Gasteiger partial charge on any atom is 0.304 e. The van der Waals surface area contributed by atoms with E-state index in [1.807, 2.05) is 6.92 Å². The van der Waals surface area contributed by atoms with Crippen molar-refractivity contribution in [2.24, 2.45) is 0 Å². The number of thioether (sulfide) groups is 1. The second-order valence-corrected chi connectivity index (χ2v) is 5.87. The van der Waals surface area contributed by atoms with Crippen LogP contribution in [0, 0.1) is 6.92 Å². The number of nitrogens with zero attached hydrogens (tertiary/aromatic N) is 2. The van der Waals surface area contributed by atoms with Crippen LogP contribution in [0.15, 0.2) is 12.1 Å². The van der Waals surface area contributed by atoms with E-state index in [0.29, 0.717) is 12.2 Å². The van der Waals surface area contributed by atoms with Crippen LogP contribution in [0.25, 0.3) is 0 Å². The van der Waals surface area contributed by atoms with E-state index >= 15 is 0 Å². The standard InChI is InChI=1S/C13H18N2O3S/c1-9-2-3-12(16)11(14-9)7-15-4-5-19-8-10(15)6-13(17)18/h2-3,10,16H,4-8H2,1H3,(H,17,18). The fourth-order valence-electron chi connectivity index (χ4n) is 2.20. The molecule has 1 aliphatic heterocycles. The van der Waals surface area contributed by atoms with Crippen molar-refractivity contribution in [3.63, 3.8) is 0 Å². The zero-order chi connectivity index (χ0) is 13.8. The van der Waals surface area contributed by atoms with Gasteiger partial charge in [-0.3, -0.25) is 14.7 Å². The zero-order valence-electron chi connectivity index (χ0n) is 10.9. The molecule has 1 atom stereocenters. The summed E-state index contributed by atoms with van der Waals surface area (Å²) in [4.78, 5) is 17.3. The van der Waals surface area contributed by atoms with Crippen molar-refractivity contribution in [2.45, 2.75) is 25.9 Å². The molecule has 1 unspecified atom stereocenters. The van der Waals surface area contributed by atoms with Gasteiger partial charge in [0.2, 0.25) is 0 Å². The quantitative estimate of drug-likeness (QED) is 0.871. The fourth-order valence-corrected chi connectivity index (χ4v) is 3.33. The molecule has 0 aliphatic carbocycles. The summed E-state index contributed by atoms with van der Waals surface area (Å²) in [7, 11) is 0. The molecule has 104 valence electrons. The summed E-state index contributed by atoms with van der Waals surface area (Å²) >= 11 is 1.78. The molecule has 0 amide bonds. The van der Waals surface area contributed by atoms with Gasteiger partial charge < -0.3 is 10.2 Å². The number of aryl methyl sites for hydroxylation is 1. The topological polar surface area (TPSA) is 73.7 Å². The lowest BCUT2D eigenvalue weighted by Gasteiger charge is -2.34. The Morgan fingerprint density at radius 2 is 2.37 bits per heavy atom. The monoisotopic (exact) mass is 282 g/mol. The predicted molar refractivity (Wildman–Crippen MR) is 74.4 cm³/mol. The van der Waals surface area contributed by atoms with Gasteiger partial charge in [-0.05, 0) is 19.1 Å². The Bertz CT molecular complexity index is 467. The highest BCUT2D eigenvalue weighted by molar-refractivity contribution is 7.99. The van der Waals surface area contributed by atoms with Gasteiger partial charge >= 0.3 is 5.97 Å². The minimum Gasteiger partial charge on any atom is -0.506 e. The van der Waals surface area contributed by atoms with Gasteiger partial charge in [-0.25, -0.2) is 0 Å². The number of hydrogen-bond acceptors (Lipinski definition) is 5. The third-order valence-corrected chi connectivity index (χ3v) is 4.29. The third-order valence-electron chi connectivity index (χ3n) is 3.20. The van der Waals surface area contributed by atoms with Gasteiger partial charge in [0.05, 0.1) is 12.1 Å². The van der Waals surface area contributed by atoms with E-state index in [1.54, 1.807) is 23.9 Å². The van der Waals surface area contributed by atoms with Gasteiger partial charge in [-0.2, -0.15) is 11.8 Å². The maximum atomic E-state index is 10.9. The van der Waals surface area contributed by atoms with Crippen molar-refractivity contribution in [1.82, 2.24) is 9.88 Å². The Morgan fingerprint density at radius 3 is 3.11 bits per heavy atom. The highest BCUT2D eigenvalue weighted by Gasteiger charge is 2.26. The molecule has 0 bridgehead atoms. The largest absolute Gasteiger partial charge is 0.506 e. The molecule has 2 heterocycles. The Kier molecular flexibility index (Phi) is 4.66. The molecule has 6 heteroatoms. The Morgan fingerprint density at radius 1 is 1.58 bits per heavy atom. The smallest absolute Gasteiger partial charge is 0.304 e. The molecule has 0 saturated carbocycles. The number of carboxylic acids is 1. The summed E-state index contributed by atoms with van der Waals surface area (Å²) in [5.74, 6) is 1.21. The first kappa shape index (κ1) is 14.1. The van der Waals surface area contributed by atoms with Crippen LogP contribution in [0.3, 0.4) is 0 Å². The van der Waals surface area contributed by atoms with Crippen molar-refractivity contribution in [2.75, 3.05) is 18.1 Å². The summed E-state index contributed by atoms with van der Waals surface area (Å²) in [6.45, 7) is 3.22. The van der Waals surface area contributed by atoms with Crippen LogP contribution in [0.5, 0.6) is 5.75 Å². The minimum absolute atomic E-state index is 0.0120. The number of hydrogen-bond donors (Lipinski definition) is 2. The van der Waals surface area contributed by atoms with Crippen molar-refractivity contribution in [1.29, 1.82) is 0 Å². The van der Waals surface area contributed by atoms with E-state index in [-0.39, 0.29) is 18.2 Å². The summed E-state index contributed by atoms with van der Waals surface area (Å²) < 4.78 is 0. The number of pyridine rings is 1. The lowest BCUT2D eigenvalue weighted by atomic mass is 10.1. The molecular formula is C13H18N2O3S. The number of rotatable bonds is 4. The summed E-state index contributed by atoms with van der Waals surface area (Å²) in [5.41, 5.74) is 1.48. The highest BCUT2D eigenvalue weighted by atomic mass is 32.2. The third kappa shape index (κ3) is 3.84. The van der Waals surface area contributed by atoms with Gasteiger partial charge in [0.25, 0.3) is 0 Å². The molecule has 1 aromatic rings. The molecule has 1 saturated heterocycles. The molecule has 5 nitrogen and oxygen atoms in total. The van der Waals surface area contributed by atoms with E-state index in [9.17, 15) is 9.90 Å². The first-order valence-electron chi connectivity index (χ1n) is 6.25. The number of aromatic nitrogens is 1. The van der Waals surface area contributed by atoms with Crippen LogP contribution in [-0.2, 0) is 11.3 Å². The maximum absolute atomic E-state index is 10.9. The fraction of sp³-hybridized carbons (Fsp3) is 0.538. The van der Waals surface area contributed by atoms with Gasteiger partial charge in [-0.1, -0.05) is 0 Å². The molecule has 1 aliphatic rings. The molecule has 0 aromatic carbocycles. The normalized spacial score (nSPS) is 20.4. The zero-order valence-corrected chi connectivity index (χ0v) is 11.7. The molecule has 2 rings (SSSR count). The molecule has 0 radical (unpaired) electrons. The molecule has 0 spiro atoms. The van der Waals surface area contributed by atoms with Crippen LogP contribution in [0.1, 0.15) is 17.8 Å². The minimum atomic E-state index is -0.779. The van der Waals surface area contributed by atoms with Crippen LogP contribution in [0.4, 0.5) is 0 Å². The lowest BCUT2D eigenvalue weighted by molar-refractivity contribution is -0.138. The van der Waals surface area contributed by atoms with E-state index in [0.717, 1.165) is 23.7 Å². The predicted octanol–water partition coefficient (Wildman–Crippen LogP) is 1.49. The lowest BCUT2D eigenvalue weighted by Crippen LogP contribution is -2.43. The summed E-state index contributed by atoms with van der Waals surface area (Å²) in [5, 5.41) is 18.8. The van der Waals surface area contributed by atoms with Gasteiger partial charge in [0.15, 0.2) is 0 Å². The Labute approximate surface area is 116 Å². The van der Waals surface area contributed by atoms with Crippen LogP contribution in [0.2, 0.25) is 0 Å². The van der Waals surface area contributed by atoms with E-state index < -0.39 is 5.97 Å². The van der Waals surface area contributed by atoms with E-state index in [4.69, 9.17) is 5.11 Å². The van der Waals surface area contributed by atoms with Crippen LogP contribution >= 0.6 is 11.8 Å². The number of aliphatic carboxylic acids is 1. The summed E-state index contributed by atoms with van der Waals surface area (Å²) in [6, 6.07) is 3.42. The van der Waals surface area contributed by atoms with Crippen molar-refractivity contribution >= 4 is 17.7 Å². The highest BCUT2D eigenvalue weighted by Crippen LogP contribution is 2.24. The van der Waals surface area contributed by atoms with Gasteiger partial charge in [0, 0.05) is 36.3 Å². The Hall–Kier alpha value is -1.27. The molecule has 19 heavy (non-hydrogen) atoms. The van der Waals surface area contributed by atoms with Crippen molar-refractivity contribution < 1.29 is 15.0 Å². The first-order valence-corrected chi connectivity index (χ1v) is 7.41. The van der Waals surface area contributed by atoms with Crippen LogP contribution in [-0.4, -0.2) is 50.2 Å².